The maximum atomic E-state index is 13.9. The average Bonchev–Trinajstić information content (AvgIpc) is 3.71. The molecule has 0 aliphatic carbocycles. The van der Waals surface area contributed by atoms with Crippen LogP contribution in [0.2, 0.25) is 0 Å². The number of aromatic nitrogens is 2. The van der Waals surface area contributed by atoms with Crippen molar-refractivity contribution in [2.45, 2.75) is 104 Å². The number of anilines is 1. The van der Waals surface area contributed by atoms with Gasteiger partial charge in [0.15, 0.2) is 22.4 Å². The first-order chi connectivity index (χ1) is 31.5. The highest BCUT2D eigenvalue weighted by Gasteiger charge is 2.42. The fourth-order valence-corrected chi connectivity index (χ4v) is 6.56. The summed E-state index contributed by atoms with van der Waals surface area (Å²) in [5.41, 5.74) is -2.39. The normalized spacial score (nSPS) is 15.0. The Morgan fingerprint density at radius 1 is 0.821 bits per heavy atom. The van der Waals surface area contributed by atoms with Gasteiger partial charge in [-0.25, -0.2) is 19.4 Å². The summed E-state index contributed by atoms with van der Waals surface area (Å²) >= 11 is 0.974. The van der Waals surface area contributed by atoms with Crippen LogP contribution >= 0.6 is 11.3 Å². The molecule has 1 aliphatic rings. The second-order valence-corrected chi connectivity index (χ2v) is 18.4. The first kappa shape index (κ1) is 50.8. The van der Waals surface area contributed by atoms with E-state index in [9.17, 15) is 28.8 Å². The number of pyridine rings is 1. The molecular weight excluding hydrogens is 893 g/mol. The summed E-state index contributed by atoms with van der Waals surface area (Å²) in [7, 11) is 3.12. The molecule has 360 valence electrons. The second-order valence-electron chi connectivity index (χ2n) is 17.6. The van der Waals surface area contributed by atoms with Crippen molar-refractivity contribution in [1.29, 1.82) is 0 Å². The molecule has 0 radical (unpaired) electrons. The van der Waals surface area contributed by atoms with Crippen LogP contribution < -0.4 is 40.4 Å². The van der Waals surface area contributed by atoms with E-state index in [1.54, 1.807) is 92.2 Å². The van der Waals surface area contributed by atoms with Crippen molar-refractivity contribution in [3.8, 4) is 17.2 Å². The highest BCUT2D eigenvalue weighted by Crippen LogP contribution is 2.25. The van der Waals surface area contributed by atoms with Gasteiger partial charge in [0.1, 0.15) is 48.2 Å². The molecule has 20 nitrogen and oxygen atoms in total. The highest BCUT2D eigenvalue weighted by molar-refractivity contribution is 7.14. The van der Waals surface area contributed by atoms with Gasteiger partial charge < -0.3 is 48.7 Å². The number of ether oxygens (including phenoxy) is 6. The van der Waals surface area contributed by atoms with Crippen molar-refractivity contribution in [2.75, 3.05) is 26.1 Å². The Morgan fingerprint density at radius 3 is 2.01 bits per heavy atom. The number of carbonyl (C=O) groups excluding carboxylic acids is 5. The van der Waals surface area contributed by atoms with Crippen molar-refractivity contribution in [1.82, 2.24) is 20.3 Å². The van der Waals surface area contributed by atoms with E-state index in [1.165, 1.54) is 36.2 Å². The fourth-order valence-electron chi connectivity index (χ4n) is 5.88. The molecule has 21 heteroatoms. The third kappa shape index (κ3) is 15.2. The van der Waals surface area contributed by atoms with Crippen molar-refractivity contribution in [3.05, 3.63) is 98.9 Å². The molecule has 3 heterocycles. The van der Waals surface area contributed by atoms with E-state index in [1.807, 2.05) is 12.1 Å². The zero-order valence-electron chi connectivity index (χ0n) is 39.0. The van der Waals surface area contributed by atoms with Crippen LogP contribution in [0, 0.1) is 5.92 Å². The van der Waals surface area contributed by atoms with E-state index >= 15 is 0 Å². The van der Waals surface area contributed by atoms with E-state index < -0.39 is 77.1 Å². The van der Waals surface area contributed by atoms with Crippen molar-refractivity contribution in [2.24, 2.45) is 11.1 Å². The van der Waals surface area contributed by atoms with Crippen LogP contribution in [0.3, 0.4) is 0 Å². The Hall–Kier alpha value is -7.16. The number of β-lactam (4-membered cyclic amide) rings is 1. The number of nitrogens with one attached hydrogen (secondary N) is 3. The number of oxime groups is 1. The summed E-state index contributed by atoms with van der Waals surface area (Å²) in [6.07, 6.45) is -0.716. The number of amides is 3. The molecule has 2 aromatic heterocycles. The Balaban J connectivity index is 1.25. The Labute approximate surface area is 391 Å². The topological polar surface area (TPSA) is 243 Å². The van der Waals surface area contributed by atoms with Gasteiger partial charge in [-0.05, 0) is 90.8 Å². The van der Waals surface area contributed by atoms with Gasteiger partial charge in [-0.1, -0.05) is 29.4 Å². The molecule has 0 saturated carbocycles. The maximum Gasteiger partial charge on any atom is 0.413 e. The van der Waals surface area contributed by atoms with Gasteiger partial charge in [0, 0.05) is 24.4 Å². The number of thiazole rings is 1. The number of nitrogens with zero attached hydrogens (tertiary/aromatic N) is 3. The van der Waals surface area contributed by atoms with Crippen LogP contribution in [0.25, 0.3) is 0 Å². The summed E-state index contributed by atoms with van der Waals surface area (Å²) in [5.74, 6) is -1.54. The van der Waals surface area contributed by atoms with Crippen LogP contribution in [0.4, 0.5) is 14.7 Å². The van der Waals surface area contributed by atoms with Gasteiger partial charge in [0.05, 0.1) is 38.1 Å². The van der Waals surface area contributed by atoms with Crippen molar-refractivity contribution < 1.29 is 62.1 Å². The SMILES string of the molecule is COc1ccc(COc2cn(OCc3ccc(OC)cc3)c(COC(=O)NC[C@H]3NC(=O)[C@H]3CC(=O)/C(=N\OC(C)(C)C(=O)OC(C)(C)C)c3csc(NC(=O)OC(C)(C)C)n3)cc2=O)cc1. The monoisotopic (exact) mass is 948 g/mol. The number of carbonyl (C=O) groups is 5. The molecule has 2 atom stereocenters. The van der Waals surface area contributed by atoms with Gasteiger partial charge in [0.25, 0.3) is 0 Å². The van der Waals surface area contributed by atoms with E-state index in [4.69, 9.17) is 38.1 Å². The fraction of sp³-hybridized carbons (Fsp3) is 0.435. The highest BCUT2D eigenvalue weighted by atomic mass is 32.1. The molecule has 67 heavy (non-hydrogen) atoms. The molecule has 1 saturated heterocycles. The lowest BCUT2D eigenvalue weighted by molar-refractivity contribution is -0.179. The van der Waals surface area contributed by atoms with E-state index in [-0.39, 0.29) is 47.7 Å². The molecule has 1 aliphatic heterocycles. The van der Waals surface area contributed by atoms with Gasteiger partial charge in [0.2, 0.25) is 16.9 Å². The quantitative estimate of drug-likeness (QED) is 0.0316. The van der Waals surface area contributed by atoms with Crippen LogP contribution in [-0.4, -0.2) is 88.9 Å². The Morgan fingerprint density at radius 2 is 1.43 bits per heavy atom. The number of ketones is 1. The largest absolute Gasteiger partial charge is 0.497 e. The molecule has 1 fully saturated rings. The number of hydrogen-bond acceptors (Lipinski definition) is 17. The maximum absolute atomic E-state index is 13.9. The minimum absolute atomic E-state index is 0.0117. The van der Waals surface area contributed by atoms with Gasteiger partial charge in [-0.3, -0.25) is 19.7 Å². The third-order valence-electron chi connectivity index (χ3n) is 9.39. The summed E-state index contributed by atoms with van der Waals surface area (Å²) in [6, 6.07) is 14.8. The molecular formula is C46H56N6O14S. The van der Waals surface area contributed by atoms with Crippen molar-refractivity contribution >= 4 is 52.0 Å². The number of methoxy groups -OCH3 is 2. The zero-order chi connectivity index (χ0) is 49.1. The van der Waals surface area contributed by atoms with Crippen LogP contribution in [0.5, 0.6) is 17.2 Å². The predicted molar refractivity (Wildman–Crippen MR) is 244 cm³/mol. The van der Waals surface area contributed by atoms with E-state index in [0.29, 0.717) is 11.5 Å². The lowest BCUT2D eigenvalue weighted by atomic mass is 9.85. The first-order valence-corrected chi connectivity index (χ1v) is 21.9. The van der Waals surface area contributed by atoms with E-state index in [0.717, 1.165) is 22.5 Å². The molecule has 4 aromatic rings. The molecule has 0 unspecified atom stereocenters. The van der Waals surface area contributed by atoms with Gasteiger partial charge in [-0.15, -0.1) is 11.3 Å². The lowest BCUT2D eigenvalue weighted by Crippen LogP contribution is -2.63. The summed E-state index contributed by atoms with van der Waals surface area (Å²) in [5, 5.41) is 13.3. The number of benzene rings is 2. The second kappa shape index (κ2) is 21.9. The van der Waals surface area contributed by atoms with Crippen LogP contribution in [-0.2, 0) is 53.3 Å². The van der Waals surface area contributed by atoms with Crippen LogP contribution in [0.15, 0.2) is 76.1 Å². The van der Waals surface area contributed by atoms with Crippen LogP contribution in [0.1, 0.15) is 84.3 Å². The molecule has 3 N–H and O–H groups in total. The lowest BCUT2D eigenvalue weighted by Gasteiger charge is -2.36. The number of hydrogen-bond donors (Lipinski definition) is 3. The number of Topliss-reactive ketones (excluding diaryl/α,β-unsaturated/α-hetero) is 1. The summed E-state index contributed by atoms with van der Waals surface area (Å²) in [6.45, 7) is 12.5. The molecule has 3 amide bonds. The van der Waals surface area contributed by atoms with Crippen molar-refractivity contribution in [3.63, 3.8) is 0 Å². The third-order valence-corrected chi connectivity index (χ3v) is 10.1. The molecule has 0 bridgehead atoms. The molecule has 5 rings (SSSR count). The summed E-state index contributed by atoms with van der Waals surface area (Å²) in [4.78, 5) is 94.3. The average molecular weight is 949 g/mol. The van der Waals surface area contributed by atoms with Gasteiger partial charge in [-0.2, -0.15) is 4.73 Å². The minimum Gasteiger partial charge on any atom is -0.497 e. The predicted octanol–water partition coefficient (Wildman–Crippen LogP) is 5.72. The Bertz CT molecular complexity index is 2490. The number of rotatable bonds is 20. The standard InChI is InChI=1S/C46H56N6O14S/c1-44(2,3)64-40(56)46(7,8)66-51-38(34-26-67-41(49-34)50-43(58)65-45(4,5)6)36(54)20-32-33(48-39(32)55)21-47-42(57)62-25-29-19-35(53)37(61-23-27-11-15-30(59-9)16-12-27)22-52(29)63-24-28-13-17-31(60-10)18-14-28/h11-19,22,26,32-33H,20-21,23-25H2,1-10H3,(H,47,57)(H,48,55)(H,49,50,58)/b51-38-/t32-,33+/m0/s1. The Kier molecular flexibility index (Phi) is 16.6. The minimum atomic E-state index is -1.65. The smallest absolute Gasteiger partial charge is 0.413 e. The van der Waals surface area contributed by atoms with E-state index in [2.05, 4.69) is 26.1 Å². The first-order valence-electron chi connectivity index (χ1n) is 21.0. The molecule has 2 aromatic carbocycles. The zero-order valence-corrected chi connectivity index (χ0v) is 39.8. The van der Waals surface area contributed by atoms with Gasteiger partial charge >= 0.3 is 18.2 Å². The molecule has 0 spiro atoms. The number of alkyl carbamates (subject to hydrolysis) is 1. The number of esters is 1. The summed E-state index contributed by atoms with van der Waals surface area (Å²) < 4.78 is 33.8.